The number of nitrogens with zero attached hydrogens (tertiary/aromatic N) is 2. The van der Waals surface area contributed by atoms with Crippen LogP contribution in [0.1, 0.15) is 28.9 Å². The van der Waals surface area contributed by atoms with Crippen LogP contribution >= 0.6 is 0 Å². The van der Waals surface area contributed by atoms with Gasteiger partial charge < -0.3 is 29.4 Å². The second kappa shape index (κ2) is 13.0. The van der Waals surface area contributed by atoms with Crippen LogP contribution in [0, 0.1) is 0 Å². The number of hydrogen-bond acceptors (Lipinski definition) is 8. The molecule has 8 heteroatoms. The maximum atomic E-state index is 9.09. The van der Waals surface area contributed by atoms with E-state index in [1.165, 1.54) is 0 Å². The summed E-state index contributed by atoms with van der Waals surface area (Å²) in [5, 5.41) is 12.3. The molecule has 35 heavy (non-hydrogen) atoms. The first-order valence-corrected chi connectivity index (χ1v) is 11.1. The molecule has 0 bridgehead atoms. The van der Waals surface area contributed by atoms with Gasteiger partial charge in [-0.2, -0.15) is 0 Å². The third-order valence-electron chi connectivity index (χ3n) is 5.09. The minimum atomic E-state index is 0.0952. The van der Waals surface area contributed by atoms with Gasteiger partial charge in [-0.3, -0.25) is 0 Å². The van der Waals surface area contributed by atoms with Gasteiger partial charge in [-0.1, -0.05) is 24.3 Å². The van der Waals surface area contributed by atoms with E-state index in [-0.39, 0.29) is 6.61 Å². The van der Waals surface area contributed by atoms with Crippen molar-refractivity contribution in [1.82, 2.24) is 9.97 Å². The second-order valence-corrected chi connectivity index (χ2v) is 7.44. The number of rotatable bonds is 12. The van der Waals surface area contributed by atoms with Crippen LogP contribution in [0.2, 0.25) is 0 Å². The maximum absolute atomic E-state index is 9.09. The molecular formula is C27H31N3O5. The highest BCUT2D eigenvalue weighted by atomic mass is 16.5. The van der Waals surface area contributed by atoms with Crippen LogP contribution in [0.25, 0.3) is 24.3 Å². The Hall–Kier alpha value is -4.04. The van der Waals surface area contributed by atoms with Gasteiger partial charge in [0.05, 0.1) is 39.8 Å². The van der Waals surface area contributed by atoms with Gasteiger partial charge in [-0.25, -0.2) is 9.97 Å². The number of aliphatic hydroxyl groups is 1. The molecule has 8 nitrogen and oxygen atoms in total. The van der Waals surface area contributed by atoms with Crippen molar-refractivity contribution in [3.05, 3.63) is 65.0 Å². The zero-order valence-electron chi connectivity index (χ0n) is 20.4. The molecular weight excluding hydrogens is 446 g/mol. The van der Waals surface area contributed by atoms with Crippen molar-refractivity contribution >= 4 is 30.3 Å². The summed E-state index contributed by atoms with van der Waals surface area (Å²) in [4.78, 5) is 9.17. The Morgan fingerprint density at radius 3 is 1.60 bits per heavy atom. The van der Waals surface area contributed by atoms with Gasteiger partial charge in [0.15, 0.2) is 23.0 Å². The fourth-order valence-electron chi connectivity index (χ4n) is 3.29. The lowest BCUT2D eigenvalue weighted by Crippen LogP contribution is -2.08. The van der Waals surface area contributed by atoms with E-state index in [1.807, 2.05) is 66.8 Å². The van der Waals surface area contributed by atoms with Crippen molar-refractivity contribution in [2.24, 2.45) is 0 Å². The molecule has 0 radical (unpaired) electrons. The Balaban J connectivity index is 1.88. The van der Waals surface area contributed by atoms with Gasteiger partial charge >= 0.3 is 0 Å². The topological polar surface area (TPSA) is 95.0 Å². The summed E-state index contributed by atoms with van der Waals surface area (Å²) in [6.45, 7) is 0.663. The number of aliphatic hydroxyl groups excluding tert-OH is 1. The number of benzene rings is 2. The van der Waals surface area contributed by atoms with Gasteiger partial charge in [-0.15, -0.1) is 0 Å². The molecule has 0 atom stereocenters. The van der Waals surface area contributed by atoms with E-state index in [1.54, 1.807) is 28.4 Å². The fraction of sp³-hybridized carbons (Fsp3) is 0.259. The van der Waals surface area contributed by atoms with Crippen LogP contribution in [0.5, 0.6) is 23.0 Å². The monoisotopic (exact) mass is 477 g/mol. The van der Waals surface area contributed by atoms with E-state index in [0.717, 1.165) is 22.5 Å². The lowest BCUT2D eigenvalue weighted by Gasteiger charge is -2.08. The Morgan fingerprint density at radius 1 is 0.686 bits per heavy atom. The number of aromatic nitrogens is 2. The van der Waals surface area contributed by atoms with Crippen LogP contribution in [0.4, 0.5) is 5.95 Å². The van der Waals surface area contributed by atoms with Gasteiger partial charge in [0.1, 0.15) is 0 Å². The molecule has 0 fully saturated rings. The summed E-state index contributed by atoms with van der Waals surface area (Å²) in [6.07, 6.45) is 8.32. The summed E-state index contributed by atoms with van der Waals surface area (Å²) >= 11 is 0. The van der Waals surface area contributed by atoms with Crippen LogP contribution in [-0.4, -0.2) is 56.7 Å². The Morgan fingerprint density at radius 2 is 1.17 bits per heavy atom. The molecule has 1 heterocycles. The number of nitrogens with one attached hydrogen (secondary N) is 1. The van der Waals surface area contributed by atoms with Crippen molar-refractivity contribution in [3.8, 4) is 23.0 Å². The lowest BCUT2D eigenvalue weighted by atomic mass is 10.1. The number of ether oxygens (including phenoxy) is 4. The largest absolute Gasteiger partial charge is 0.493 e. The zero-order valence-corrected chi connectivity index (χ0v) is 20.4. The van der Waals surface area contributed by atoms with Crippen molar-refractivity contribution in [1.29, 1.82) is 0 Å². The van der Waals surface area contributed by atoms with Gasteiger partial charge in [0.2, 0.25) is 5.95 Å². The molecule has 0 spiro atoms. The minimum absolute atomic E-state index is 0.0952. The number of methoxy groups -OCH3 is 4. The fourth-order valence-corrected chi connectivity index (χ4v) is 3.29. The molecule has 0 saturated carbocycles. The van der Waals surface area contributed by atoms with Crippen molar-refractivity contribution < 1.29 is 24.1 Å². The smallest absolute Gasteiger partial charge is 0.223 e. The molecule has 0 saturated heterocycles. The van der Waals surface area contributed by atoms with E-state index in [4.69, 9.17) is 24.1 Å². The summed E-state index contributed by atoms with van der Waals surface area (Å²) in [5.41, 5.74) is 3.35. The van der Waals surface area contributed by atoms with Crippen molar-refractivity contribution in [2.75, 3.05) is 46.9 Å². The average molecular weight is 478 g/mol. The summed E-state index contributed by atoms with van der Waals surface area (Å²) < 4.78 is 21.4. The SMILES string of the molecule is COc1ccc(/C=C/c2cc(/C=C/c3ccc(OC)c(OC)c3)nc(NCCCO)n2)cc1OC. The average Bonchev–Trinajstić information content (AvgIpc) is 2.90. The van der Waals surface area contributed by atoms with Crippen LogP contribution in [-0.2, 0) is 0 Å². The molecule has 0 aliphatic carbocycles. The lowest BCUT2D eigenvalue weighted by molar-refractivity contribution is 0.292. The standard InChI is InChI=1S/C27H31N3O5/c1-32-23-12-8-19(16-25(23)34-3)6-10-21-18-22(30-27(29-21)28-14-5-15-31)11-7-20-9-13-24(33-2)26(17-20)35-4/h6-13,16-18,31H,5,14-15H2,1-4H3,(H,28,29,30)/b10-6+,11-7+. The van der Waals surface area contributed by atoms with E-state index in [9.17, 15) is 0 Å². The van der Waals surface area contributed by atoms with Crippen molar-refractivity contribution in [2.45, 2.75) is 6.42 Å². The Labute approximate surface area is 205 Å². The first-order valence-electron chi connectivity index (χ1n) is 11.1. The highest BCUT2D eigenvalue weighted by Crippen LogP contribution is 2.29. The first kappa shape index (κ1) is 25.6. The quantitative estimate of drug-likeness (QED) is 0.364. The molecule has 3 aromatic rings. The second-order valence-electron chi connectivity index (χ2n) is 7.44. The van der Waals surface area contributed by atoms with Gasteiger partial charge in [0, 0.05) is 13.2 Å². The molecule has 3 rings (SSSR count). The number of hydrogen-bond donors (Lipinski definition) is 2. The molecule has 0 aliphatic rings. The third kappa shape index (κ3) is 7.22. The molecule has 1 aromatic heterocycles. The highest BCUT2D eigenvalue weighted by molar-refractivity contribution is 5.73. The zero-order chi connectivity index (χ0) is 25.0. The Bertz CT molecular complexity index is 1090. The van der Waals surface area contributed by atoms with Crippen LogP contribution < -0.4 is 24.3 Å². The molecule has 2 aromatic carbocycles. The Kier molecular flexibility index (Phi) is 9.50. The first-order chi connectivity index (χ1) is 17.1. The van der Waals surface area contributed by atoms with Crippen LogP contribution in [0.15, 0.2) is 42.5 Å². The summed E-state index contributed by atoms with van der Waals surface area (Å²) in [6, 6.07) is 13.3. The predicted molar refractivity (Wildman–Crippen MR) is 139 cm³/mol. The third-order valence-corrected chi connectivity index (χ3v) is 5.09. The van der Waals surface area contributed by atoms with E-state index >= 15 is 0 Å². The molecule has 0 unspecified atom stereocenters. The minimum Gasteiger partial charge on any atom is -0.493 e. The predicted octanol–water partition coefficient (Wildman–Crippen LogP) is 4.65. The van der Waals surface area contributed by atoms with Crippen LogP contribution in [0.3, 0.4) is 0 Å². The number of anilines is 1. The normalized spacial score (nSPS) is 11.1. The molecule has 184 valence electrons. The van der Waals surface area contributed by atoms with E-state index in [2.05, 4.69) is 15.3 Å². The van der Waals surface area contributed by atoms with Gasteiger partial charge in [0.25, 0.3) is 0 Å². The van der Waals surface area contributed by atoms with Crippen molar-refractivity contribution in [3.63, 3.8) is 0 Å². The summed E-state index contributed by atoms with van der Waals surface area (Å²) in [5.74, 6) is 3.14. The maximum Gasteiger partial charge on any atom is 0.223 e. The van der Waals surface area contributed by atoms with E-state index in [0.29, 0.717) is 41.9 Å². The molecule has 2 N–H and O–H groups in total. The summed E-state index contributed by atoms with van der Waals surface area (Å²) in [7, 11) is 6.43. The molecule has 0 aliphatic heterocycles. The van der Waals surface area contributed by atoms with E-state index < -0.39 is 0 Å². The molecule has 0 amide bonds. The van der Waals surface area contributed by atoms with Gasteiger partial charge in [-0.05, 0) is 60.0 Å². The highest BCUT2D eigenvalue weighted by Gasteiger charge is 2.06.